The molecule has 24 heavy (non-hydrogen) atoms. The van der Waals surface area contributed by atoms with Crippen LogP contribution in [0.25, 0.3) is 11.4 Å². The summed E-state index contributed by atoms with van der Waals surface area (Å²) in [5, 5.41) is 11.0. The van der Waals surface area contributed by atoms with E-state index in [1.54, 1.807) is 0 Å². The fraction of sp³-hybridized carbons (Fsp3) is 0.0625. The fourth-order valence-corrected chi connectivity index (χ4v) is 2.23. The summed E-state index contributed by atoms with van der Waals surface area (Å²) >= 11 is 5.14. The molecule has 0 aliphatic carbocycles. The van der Waals surface area contributed by atoms with Crippen molar-refractivity contribution in [2.24, 2.45) is 5.10 Å². The van der Waals surface area contributed by atoms with Gasteiger partial charge in [0.1, 0.15) is 0 Å². The highest BCUT2D eigenvalue weighted by Gasteiger charge is 2.29. The molecule has 0 aliphatic rings. The molecule has 1 heterocycles. The van der Waals surface area contributed by atoms with E-state index in [1.165, 1.54) is 23.0 Å². The van der Waals surface area contributed by atoms with Crippen LogP contribution in [0, 0.1) is 4.77 Å². The van der Waals surface area contributed by atoms with Crippen LogP contribution in [0.15, 0.2) is 59.7 Å². The number of hydrogen-bond donors (Lipinski definition) is 1. The van der Waals surface area contributed by atoms with Crippen LogP contribution in [0.2, 0.25) is 0 Å². The molecule has 0 atom stereocenters. The van der Waals surface area contributed by atoms with E-state index in [2.05, 4.69) is 15.3 Å². The standard InChI is InChI=1S/C16H11F3N4S/c17-16(18,19)13-8-6-11(7-9-13)10-20-23-14(21-22-15(23)24)12-4-2-1-3-5-12/h1-10H,(H,22,24). The van der Waals surface area contributed by atoms with Crippen molar-refractivity contribution in [3.8, 4) is 11.4 Å². The maximum absolute atomic E-state index is 12.6. The Hall–Kier alpha value is -2.74. The number of aromatic amines is 1. The molecular formula is C16H11F3N4S. The lowest BCUT2D eigenvalue weighted by Crippen LogP contribution is -2.04. The zero-order chi connectivity index (χ0) is 17.2. The van der Waals surface area contributed by atoms with Crippen LogP contribution < -0.4 is 0 Å². The summed E-state index contributed by atoms with van der Waals surface area (Å²) in [7, 11) is 0. The Morgan fingerprint density at radius 2 is 1.71 bits per heavy atom. The molecule has 0 aliphatic heterocycles. The quantitative estimate of drug-likeness (QED) is 0.559. The van der Waals surface area contributed by atoms with Gasteiger partial charge in [0.25, 0.3) is 0 Å². The van der Waals surface area contributed by atoms with Gasteiger partial charge >= 0.3 is 6.18 Å². The van der Waals surface area contributed by atoms with Crippen molar-refractivity contribution in [3.63, 3.8) is 0 Å². The molecule has 0 radical (unpaired) electrons. The molecule has 0 unspecified atom stereocenters. The molecule has 0 bridgehead atoms. The van der Waals surface area contributed by atoms with E-state index < -0.39 is 11.7 Å². The lowest BCUT2D eigenvalue weighted by molar-refractivity contribution is -0.137. The fourth-order valence-electron chi connectivity index (χ4n) is 2.06. The number of aromatic nitrogens is 3. The Bertz CT molecular complexity index is 909. The molecule has 3 rings (SSSR count). The van der Waals surface area contributed by atoms with Crippen molar-refractivity contribution in [1.82, 2.24) is 14.9 Å². The summed E-state index contributed by atoms with van der Waals surface area (Å²) in [5.41, 5.74) is 0.629. The Morgan fingerprint density at radius 3 is 2.33 bits per heavy atom. The van der Waals surface area contributed by atoms with Crippen molar-refractivity contribution >= 4 is 18.4 Å². The van der Waals surface area contributed by atoms with Gasteiger partial charge in [-0.1, -0.05) is 42.5 Å². The van der Waals surface area contributed by atoms with Gasteiger partial charge in [-0.3, -0.25) is 0 Å². The Morgan fingerprint density at radius 1 is 1.04 bits per heavy atom. The lowest BCUT2D eigenvalue weighted by Gasteiger charge is -2.05. The average molecular weight is 348 g/mol. The third kappa shape index (κ3) is 3.43. The molecule has 1 N–H and O–H groups in total. The highest BCUT2D eigenvalue weighted by molar-refractivity contribution is 7.71. The van der Waals surface area contributed by atoms with Crippen LogP contribution in [0.1, 0.15) is 11.1 Å². The van der Waals surface area contributed by atoms with E-state index in [-0.39, 0.29) is 4.77 Å². The zero-order valence-electron chi connectivity index (χ0n) is 12.2. The first kappa shape index (κ1) is 16.1. The molecule has 2 aromatic carbocycles. The van der Waals surface area contributed by atoms with E-state index in [0.717, 1.165) is 17.7 Å². The van der Waals surface area contributed by atoms with E-state index in [0.29, 0.717) is 11.4 Å². The minimum atomic E-state index is -4.36. The van der Waals surface area contributed by atoms with Gasteiger partial charge < -0.3 is 0 Å². The smallest absolute Gasteiger partial charge is 0.250 e. The van der Waals surface area contributed by atoms with Crippen molar-refractivity contribution in [1.29, 1.82) is 0 Å². The van der Waals surface area contributed by atoms with Crippen molar-refractivity contribution < 1.29 is 13.2 Å². The highest BCUT2D eigenvalue weighted by atomic mass is 32.1. The van der Waals surface area contributed by atoms with Crippen LogP contribution in [-0.2, 0) is 6.18 Å². The SMILES string of the molecule is FC(F)(F)c1ccc(C=Nn2c(-c3ccccc3)n[nH]c2=S)cc1. The topological polar surface area (TPSA) is 46.0 Å². The predicted molar refractivity (Wildman–Crippen MR) is 87.3 cm³/mol. The first-order valence-corrected chi connectivity index (χ1v) is 7.30. The molecule has 3 aromatic rings. The van der Waals surface area contributed by atoms with Gasteiger partial charge in [0.15, 0.2) is 5.82 Å². The first-order chi connectivity index (χ1) is 11.4. The van der Waals surface area contributed by atoms with Gasteiger partial charge in [-0.15, -0.1) is 0 Å². The number of nitrogens with one attached hydrogen (secondary N) is 1. The largest absolute Gasteiger partial charge is 0.416 e. The second-order valence-corrected chi connectivity index (χ2v) is 5.28. The van der Waals surface area contributed by atoms with Gasteiger partial charge in [0, 0.05) is 5.56 Å². The summed E-state index contributed by atoms with van der Waals surface area (Å²) in [6.45, 7) is 0. The predicted octanol–water partition coefficient (Wildman–Crippen LogP) is 4.51. The number of alkyl halides is 3. The summed E-state index contributed by atoms with van der Waals surface area (Å²) in [4.78, 5) is 0. The third-order valence-corrected chi connectivity index (χ3v) is 3.51. The maximum atomic E-state index is 12.6. The normalized spacial score (nSPS) is 12.0. The number of H-pyrrole nitrogens is 1. The molecule has 0 saturated carbocycles. The van der Waals surface area contributed by atoms with Crippen LogP contribution in [0.5, 0.6) is 0 Å². The van der Waals surface area contributed by atoms with Gasteiger partial charge in [-0.25, -0.2) is 5.10 Å². The number of benzene rings is 2. The minimum absolute atomic E-state index is 0.289. The molecule has 122 valence electrons. The van der Waals surface area contributed by atoms with Gasteiger partial charge in [-0.05, 0) is 29.9 Å². The van der Waals surface area contributed by atoms with Crippen molar-refractivity contribution in [2.45, 2.75) is 6.18 Å². The third-order valence-electron chi connectivity index (χ3n) is 3.24. The molecule has 8 heteroatoms. The molecule has 0 fully saturated rings. The van der Waals surface area contributed by atoms with Crippen LogP contribution >= 0.6 is 12.2 Å². The number of nitrogens with zero attached hydrogens (tertiary/aromatic N) is 3. The molecule has 0 amide bonds. The number of rotatable bonds is 3. The molecule has 0 saturated heterocycles. The summed E-state index contributed by atoms with van der Waals surface area (Å²) in [6, 6.07) is 14.0. The minimum Gasteiger partial charge on any atom is -0.250 e. The second kappa shape index (κ2) is 6.40. The maximum Gasteiger partial charge on any atom is 0.416 e. The van der Waals surface area contributed by atoms with Gasteiger partial charge in [0.2, 0.25) is 4.77 Å². The Kier molecular flexibility index (Phi) is 4.30. The zero-order valence-corrected chi connectivity index (χ0v) is 13.0. The summed E-state index contributed by atoms with van der Waals surface area (Å²) in [5.74, 6) is 0.517. The highest BCUT2D eigenvalue weighted by Crippen LogP contribution is 2.28. The lowest BCUT2D eigenvalue weighted by atomic mass is 10.1. The molecule has 0 spiro atoms. The Labute approximate surface area is 140 Å². The monoisotopic (exact) mass is 348 g/mol. The van der Waals surface area contributed by atoms with E-state index in [4.69, 9.17) is 12.2 Å². The molecule has 4 nitrogen and oxygen atoms in total. The van der Waals surface area contributed by atoms with E-state index in [1.807, 2.05) is 30.3 Å². The van der Waals surface area contributed by atoms with Crippen molar-refractivity contribution in [3.05, 3.63) is 70.5 Å². The Balaban J connectivity index is 1.91. The van der Waals surface area contributed by atoms with Crippen LogP contribution in [0.4, 0.5) is 13.2 Å². The number of hydrogen-bond acceptors (Lipinski definition) is 3. The first-order valence-electron chi connectivity index (χ1n) is 6.89. The molecular weight excluding hydrogens is 337 g/mol. The summed E-state index contributed by atoms with van der Waals surface area (Å²) < 4.78 is 39.4. The van der Waals surface area contributed by atoms with E-state index >= 15 is 0 Å². The van der Waals surface area contributed by atoms with Gasteiger partial charge in [-0.2, -0.15) is 28.0 Å². The average Bonchev–Trinajstić information content (AvgIpc) is 2.94. The van der Waals surface area contributed by atoms with Crippen LogP contribution in [0.3, 0.4) is 0 Å². The second-order valence-electron chi connectivity index (χ2n) is 4.89. The van der Waals surface area contributed by atoms with Crippen LogP contribution in [-0.4, -0.2) is 21.1 Å². The number of halogens is 3. The van der Waals surface area contributed by atoms with Crippen molar-refractivity contribution in [2.75, 3.05) is 0 Å². The van der Waals surface area contributed by atoms with E-state index in [9.17, 15) is 13.2 Å². The van der Waals surface area contributed by atoms with Gasteiger partial charge in [0.05, 0.1) is 11.8 Å². The molecule has 1 aromatic heterocycles. The summed E-state index contributed by atoms with van der Waals surface area (Å²) in [6.07, 6.45) is -2.93.